The fourth-order valence-corrected chi connectivity index (χ4v) is 2.79. The Morgan fingerprint density at radius 1 is 1.12 bits per heavy atom. The molecule has 0 unspecified atom stereocenters. The van der Waals surface area contributed by atoms with Crippen molar-refractivity contribution in [2.24, 2.45) is 5.92 Å². The number of rotatable bonds is 8. The first-order valence-corrected chi connectivity index (χ1v) is 8.67. The van der Waals surface area contributed by atoms with Crippen LogP contribution in [0.4, 0.5) is 5.69 Å². The summed E-state index contributed by atoms with van der Waals surface area (Å²) in [5.74, 6) is 0.992. The van der Waals surface area contributed by atoms with Crippen LogP contribution < -0.4 is 15.4 Å². The van der Waals surface area contributed by atoms with Crippen LogP contribution in [0.25, 0.3) is 0 Å². The van der Waals surface area contributed by atoms with Gasteiger partial charge in [0.15, 0.2) is 0 Å². The summed E-state index contributed by atoms with van der Waals surface area (Å²) in [5, 5.41) is 6.20. The average Bonchev–Trinajstić information content (AvgIpc) is 3.17. The maximum atomic E-state index is 12.2. The van der Waals surface area contributed by atoms with Crippen molar-refractivity contribution in [1.82, 2.24) is 5.32 Å². The highest BCUT2D eigenvalue weighted by molar-refractivity contribution is 5.92. The van der Waals surface area contributed by atoms with Gasteiger partial charge in [0.2, 0.25) is 5.91 Å². The number of anilines is 1. The second-order valence-electron chi connectivity index (χ2n) is 6.09. The fourth-order valence-electron chi connectivity index (χ4n) is 2.79. The third kappa shape index (κ3) is 5.59. The molecule has 1 aliphatic heterocycles. The van der Waals surface area contributed by atoms with Crippen molar-refractivity contribution in [3.8, 4) is 5.75 Å². The highest BCUT2D eigenvalue weighted by Crippen LogP contribution is 2.15. The Bertz CT molecular complexity index is 670. The third-order valence-corrected chi connectivity index (χ3v) is 4.13. The predicted molar refractivity (Wildman–Crippen MR) is 97.6 cm³/mol. The number of carbonyl (C=O) groups is 1. The number of hydrogen-bond donors (Lipinski definition) is 2. The number of para-hydroxylation sites is 1. The molecule has 2 aromatic carbocycles. The molecule has 2 aromatic rings. The predicted octanol–water partition coefficient (Wildman–Crippen LogP) is 2.83. The summed E-state index contributed by atoms with van der Waals surface area (Å²) >= 11 is 0. The van der Waals surface area contributed by atoms with Gasteiger partial charge in [0.25, 0.3) is 0 Å². The Labute approximate surface area is 148 Å². The minimum absolute atomic E-state index is 0.0649. The third-order valence-electron chi connectivity index (χ3n) is 4.13. The Morgan fingerprint density at radius 2 is 2.00 bits per heavy atom. The van der Waals surface area contributed by atoms with Gasteiger partial charge in [-0.15, -0.1) is 0 Å². The Kier molecular flexibility index (Phi) is 6.42. The molecule has 0 radical (unpaired) electrons. The van der Waals surface area contributed by atoms with E-state index in [1.807, 2.05) is 54.6 Å². The van der Waals surface area contributed by atoms with E-state index in [1.165, 1.54) is 0 Å². The van der Waals surface area contributed by atoms with Crippen LogP contribution in [-0.2, 0) is 16.1 Å². The zero-order chi connectivity index (χ0) is 17.3. The summed E-state index contributed by atoms with van der Waals surface area (Å²) in [4.78, 5) is 12.2. The van der Waals surface area contributed by atoms with Crippen molar-refractivity contribution >= 4 is 11.6 Å². The molecule has 0 saturated carbocycles. The van der Waals surface area contributed by atoms with E-state index in [2.05, 4.69) is 10.6 Å². The van der Waals surface area contributed by atoms with Crippen molar-refractivity contribution in [2.45, 2.75) is 13.0 Å². The molecule has 132 valence electrons. The molecule has 1 fully saturated rings. The molecule has 1 saturated heterocycles. The lowest BCUT2D eigenvalue weighted by Gasteiger charge is -2.11. The van der Waals surface area contributed by atoms with E-state index in [-0.39, 0.29) is 11.8 Å². The number of carbonyl (C=O) groups excluding carboxylic acids is 1. The fraction of sp³-hybridized carbons (Fsp3) is 0.350. The quantitative estimate of drug-likeness (QED) is 0.726. The standard InChI is InChI=1S/C20H24N2O3/c23-20(17-9-10-21-14-17)22-18-6-4-5-16(13-18)15-24-11-12-25-19-7-2-1-3-8-19/h1-8,13,17,21H,9-12,14-15H2,(H,22,23)/t17-/m0/s1. The van der Waals surface area contributed by atoms with Crippen LogP contribution in [0.2, 0.25) is 0 Å². The van der Waals surface area contributed by atoms with Gasteiger partial charge in [-0.2, -0.15) is 0 Å². The van der Waals surface area contributed by atoms with E-state index in [4.69, 9.17) is 9.47 Å². The van der Waals surface area contributed by atoms with E-state index < -0.39 is 0 Å². The van der Waals surface area contributed by atoms with Crippen molar-refractivity contribution in [3.05, 3.63) is 60.2 Å². The maximum Gasteiger partial charge on any atom is 0.228 e. The second-order valence-corrected chi connectivity index (χ2v) is 6.09. The Balaban J connectivity index is 1.40. The average molecular weight is 340 g/mol. The number of hydrogen-bond acceptors (Lipinski definition) is 4. The van der Waals surface area contributed by atoms with Crippen LogP contribution in [0.15, 0.2) is 54.6 Å². The van der Waals surface area contributed by atoms with Gasteiger partial charge < -0.3 is 20.1 Å². The van der Waals surface area contributed by atoms with Gasteiger partial charge in [0.1, 0.15) is 12.4 Å². The molecule has 0 spiro atoms. The molecule has 1 aliphatic rings. The Morgan fingerprint density at radius 3 is 2.80 bits per heavy atom. The minimum atomic E-state index is 0.0649. The highest BCUT2D eigenvalue weighted by atomic mass is 16.5. The van der Waals surface area contributed by atoms with E-state index in [0.29, 0.717) is 19.8 Å². The van der Waals surface area contributed by atoms with Crippen LogP contribution in [0.5, 0.6) is 5.75 Å². The van der Waals surface area contributed by atoms with Crippen molar-refractivity contribution in [2.75, 3.05) is 31.6 Å². The normalized spacial score (nSPS) is 16.6. The summed E-state index contributed by atoms with van der Waals surface area (Å²) in [6, 6.07) is 17.5. The van der Waals surface area contributed by atoms with Gasteiger partial charge in [-0.25, -0.2) is 0 Å². The second kappa shape index (κ2) is 9.20. The smallest absolute Gasteiger partial charge is 0.228 e. The molecule has 1 amide bonds. The van der Waals surface area contributed by atoms with Crippen LogP contribution in [0.1, 0.15) is 12.0 Å². The zero-order valence-electron chi connectivity index (χ0n) is 14.2. The molecule has 3 rings (SSSR count). The topological polar surface area (TPSA) is 59.6 Å². The van der Waals surface area contributed by atoms with Gasteiger partial charge in [-0.1, -0.05) is 30.3 Å². The first-order chi connectivity index (χ1) is 12.3. The number of benzene rings is 2. The monoisotopic (exact) mass is 340 g/mol. The summed E-state index contributed by atoms with van der Waals surface area (Å²) in [7, 11) is 0. The molecule has 0 aliphatic carbocycles. The summed E-state index contributed by atoms with van der Waals surface area (Å²) in [6.45, 7) is 3.19. The van der Waals surface area contributed by atoms with Crippen LogP contribution in [0, 0.1) is 5.92 Å². The number of amides is 1. The van der Waals surface area contributed by atoms with Crippen molar-refractivity contribution in [3.63, 3.8) is 0 Å². The van der Waals surface area contributed by atoms with Gasteiger partial charge in [-0.05, 0) is 42.8 Å². The van der Waals surface area contributed by atoms with E-state index in [0.717, 1.165) is 36.5 Å². The molecule has 1 heterocycles. The van der Waals surface area contributed by atoms with Crippen LogP contribution in [0.3, 0.4) is 0 Å². The van der Waals surface area contributed by atoms with Crippen LogP contribution in [-0.4, -0.2) is 32.2 Å². The van der Waals surface area contributed by atoms with Gasteiger partial charge in [-0.3, -0.25) is 4.79 Å². The van der Waals surface area contributed by atoms with Crippen LogP contribution >= 0.6 is 0 Å². The molecular formula is C20H24N2O3. The zero-order valence-corrected chi connectivity index (χ0v) is 14.2. The lowest BCUT2D eigenvalue weighted by Crippen LogP contribution is -2.24. The minimum Gasteiger partial charge on any atom is -0.491 e. The highest BCUT2D eigenvalue weighted by Gasteiger charge is 2.22. The van der Waals surface area contributed by atoms with Gasteiger partial charge in [0, 0.05) is 12.2 Å². The molecule has 1 atom stereocenters. The Hall–Kier alpha value is -2.37. The lowest BCUT2D eigenvalue weighted by molar-refractivity contribution is -0.119. The largest absolute Gasteiger partial charge is 0.491 e. The molecule has 25 heavy (non-hydrogen) atoms. The summed E-state index contributed by atoms with van der Waals surface area (Å²) < 4.78 is 11.2. The molecule has 0 aromatic heterocycles. The van der Waals surface area contributed by atoms with Gasteiger partial charge in [0.05, 0.1) is 19.1 Å². The molecule has 0 bridgehead atoms. The summed E-state index contributed by atoms with van der Waals surface area (Å²) in [6.07, 6.45) is 0.899. The number of nitrogens with one attached hydrogen (secondary N) is 2. The summed E-state index contributed by atoms with van der Waals surface area (Å²) in [5.41, 5.74) is 1.85. The van der Waals surface area contributed by atoms with Crippen molar-refractivity contribution < 1.29 is 14.3 Å². The molecule has 2 N–H and O–H groups in total. The number of ether oxygens (including phenoxy) is 2. The van der Waals surface area contributed by atoms with E-state index >= 15 is 0 Å². The maximum absolute atomic E-state index is 12.2. The van der Waals surface area contributed by atoms with E-state index in [9.17, 15) is 4.79 Å². The molecule has 5 heteroatoms. The molecular weight excluding hydrogens is 316 g/mol. The first-order valence-electron chi connectivity index (χ1n) is 8.67. The van der Waals surface area contributed by atoms with Gasteiger partial charge >= 0.3 is 0 Å². The SMILES string of the molecule is O=C(Nc1cccc(COCCOc2ccccc2)c1)[C@H]1CCNC1. The first kappa shape index (κ1) is 17.5. The van der Waals surface area contributed by atoms with Crippen molar-refractivity contribution in [1.29, 1.82) is 0 Å². The molecule has 5 nitrogen and oxygen atoms in total. The van der Waals surface area contributed by atoms with E-state index in [1.54, 1.807) is 0 Å². The lowest BCUT2D eigenvalue weighted by atomic mass is 10.1.